The molecule has 0 radical (unpaired) electrons. The molecular weight excluding hydrogens is 290 g/mol. The van der Waals surface area contributed by atoms with Gasteiger partial charge >= 0.3 is 5.97 Å². The van der Waals surface area contributed by atoms with E-state index in [-0.39, 0.29) is 11.3 Å². The van der Waals surface area contributed by atoms with Gasteiger partial charge in [-0.25, -0.2) is 4.79 Å². The molecule has 0 spiro atoms. The normalized spacial score (nSPS) is 10.5. The van der Waals surface area contributed by atoms with Crippen LogP contribution in [0.15, 0.2) is 54.9 Å². The Balaban J connectivity index is 2.11. The topological polar surface area (TPSA) is 59.4 Å². The van der Waals surface area contributed by atoms with Crippen LogP contribution in [-0.2, 0) is 0 Å². The van der Waals surface area contributed by atoms with Crippen molar-refractivity contribution in [3.05, 3.63) is 65.4 Å². The molecule has 0 amide bonds. The average molecular weight is 300 g/mol. The molecule has 0 saturated heterocycles. The van der Waals surface area contributed by atoms with Crippen LogP contribution in [0.5, 0.6) is 11.5 Å². The predicted molar refractivity (Wildman–Crippen MR) is 80.2 cm³/mol. The summed E-state index contributed by atoms with van der Waals surface area (Å²) in [7, 11) is 0. The number of benzene rings is 2. The number of carboxylic acids is 1. The number of ether oxygens (including phenoxy) is 1. The van der Waals surface area contributed by atoms with Crippen molar-refractivity contribution in [2.45, 2.75) is 0 Å². The summed E-state index contributed by atoms with van der Waals surface area (Å²) in [5, 5.41) is 11.4. The van der Waals surface area contributed by atoms with Crippen molar-refractivity contribution in [1.82, 2.24) is 4.98 Å². The van der Waals surface area contributed by atoms with E-state index in [2.05, 4.69) is 4.98 Å². The van der Waals surface area contributed by atoms with Crippen molar-refractivity contribution in [1.29, 1.82) is 0 Å². The van der Waals surface area contributed by atoms with E-state index in [0.717, 1.165) is 10.8 Å². The van der Waals surface area contributed by atoms with Gasteiger partial charge in [0.2, 0.25) is 0 Å². The van der Waals surface area contributed by atoms with Crippen molar-refractivity contribution in [3.63, 3.8) is 0 Å². The van der Waals surface area contributed by atoms with Crippen molar-refractivity contribution in [2.24, 2.45) is 0 Å². The summed E-state index contributed by atoms with van der Waals surface area (Å²) in [4.78, 5) is 15.0. The first-order valence-electron chi connectivity index (χ1n) is 6.19. The highest BCUT2D eigenvalue weighted by Crippen LogP contribution is 2.34. The number of pyridine rings is 1. The minimum Gasteiger partial charge on any atom is -0.477 e. The largest absolute Gasteiger partial charge is 0.477 e. The third-order valence-electron chi connectivity index (χ3n) is 3.06. The molecule has 0 aliphatic carbocycles. The summed E-state index contributed by atoms with van der Waals surface area (Å²) in [5.41, 5.74) is 0.0107. The van der Waals surface area contributed by atoms with Crippen molar-refractivity contribution >= 4 is 28.3 Å². The summed E-state index contributed by atoms with van der Waals surface area (Å²) in [6.45, 7) is 0. The Morgan fingerprint density at radius 2 is 1.81 bits per heavy atom. The van der Waals surface area contributed by atoms with Crippen molar-refractivity contribution < 1.29 is 14.6 Å². The molecule has 1 aromatic heterocycles. The Morgan fingerprint density at radius 1 is 1.05 bits per heavy atom. The maximum atomic E-state index is 11.2. The molecule has 0 aliphatic heterocycles. The van der Waals surface area contributed by atoms with Gasteiger partial charge in [-0.3, -0.25) is 4.98 Å². The number of carbonyl (C=O) groups is 1. The second-order valence-electron chi connectivity index (χ2n) is 4.37. The number of carboxylic acid groups (broad SMARTS) is 1. The fourth-order valence-electron chi connectivity index (χ4n) is 2.07. The monoisotopic (exact) mass is 299 g/mol. The van der Waals surface area contributed by atoms with E-state index in [4.69, 9.17) is 21.4 Å². The Labute approximate surface area is 125 Å². The number of hydrogen-bond acceptors (Lipinski definition) is 3. The zero-order valence-corrected chi connectivity index (χ0v) is 11.5. The summed E-state index contributed by atoms with van der Waals surface area (Å²) < 4.78 is 5.76. The number of halogens is 1. The van der Waals surface area contributed by atoms with Gasteiger partial charge in [0.05, 0.1) is 0 Å². The molecule has 0 aliphatic rings. The van der Waals surface area contributed by atoms with Crippen molar-refractivity contribution in [2.75, 3.05) is 0 Å². The number of nitrogens with zero attached hydrogens (tertiary/aromatic N) is 1. The van der Waals surface area contributed by atoms with Crippen molar-refractivity contribution in [3.8, 4) is 11.5 Å². The SMILES string of the molecule is O=C(O)c1cnccc1Oc1ccc(Cl)c2ccccc12. The molecule has 0 saturated carbocycles. The highest BCUT2D eigenvalue weighted by molar-refractivity contribution is 6.35. The molecular formula is C16H10ClNO3. The van der Waals surface area contributed by atoms with Gasteiger partial charge in [0.25, 0.3) is 0 Å². The lowest BCUT2D eigenvalue weighted by Gasteiger charge is -2.11. The van der Waals surface area contributed by atoms with Gasteiger partial charge in [0.15, 0.2) is 0 Å². The molecule has 3 aromatic rings. The van der Waals surface area contributed by atoms with Gasteiger partial charge in [-0.05, 0) is 12.1 Å². The third-order valence-corrected chi connectivity index (χ3v) is 3.39. The highest BCUT2D eigenvalue weighted by atomic mass is 35.5. The molecule has 4 nitrogen and oxygen atoms in total. The van der Waals surface area contributed by atoms with E-state index >= 15 is 0 Å². The van der Waals surface area contributed by atoms with E-state index in [1.165, 1.54) is 18.5 Å². The van der Waals surface area contributed by atoms with Crippen LogP contribution in [0.2, 0.25) is 5.02 Å². The summed E-state index contributed by atoms with van der Waals surface area (Å²) in [6, 6.07) is 12.5. The lowest BCUT2D eigenvalue weighted by Crippen LogP contribution is -2.00. The highest BCUT2D eigenvalue weighted by Gasteiger charge is 2.13. The molecule has 21 heavy (non-hydrogen) atoms. The summed E-state index contributed by atoms with van der Waals surface area (Å²) in [6.07, 6.45) is 2.75. The second-order valence-corrected chi connectivity index (χ2v) is 4.78. The van der Waals surface area contributed by atoms with Crippen LogP contribution in [0, 0.1) is 0 Å². The number of hydrogen-bond donors (Lipinski definition) is 1. The first-order valence-corrected chi connectivity index (χ1v) is 6.57. The summed E-state index contributed by atoms with van der Waals surface area (Å²) in [5.74, 6) is -0.301. The number of aromatic nitrogens is 1. The van der Waals surface area contributed by atoms with E-state index in [9.17, 15) is 4.79 Å². The van der Waals surface area contributed by atoms with E-state index < -0.39 is 5.97 Å². The number of fused-ring (bicyclic) bond motifs is 1. The molecule has 5 heteroatoms. The van der Waals surface area contributed by atoms with Gasteiger partial charge in [-0.15, -0.1) is 0 Å². The molecule has 3 rings (SSSR count). The molecule has 0 atom stereocenters. The Morgan fingerprint density at radius 3 is 2.57 bits per heavy atom. The van der Waals surface area contributed by atoms with Gasteiger partial charge in [-0.1, -0.05) is 35.9 Å². The molecule has 0 unspecified atom stereocenters. The van der Waals surface area contributed by atoms with Gasteiger partial charge in [0.1, 0.15) is 17.1 Å². The maximum Gasteiger partial charge on any atom is 0.341 e. The third kappa shape index (κ3) is 2.53. The Bertz CT molecular complexity index is 833. The molecule has 2 aromatic carbocycles. The van der Waals surface area contributed by atoms with E-state index in [1.54, 1.807) is 12.1 Å². The van der Waals surface area contributed by atoms with Crippen LogP contribution >= 0.6 is 11.6 Å². The smallest absolute Gasteiger partial charge is 0.341 e. The lowest BCUT2D eigenvalue weighted by atomic mass is 10.1. The predicted octanol–water partition coefficient (Wildman–Crippen LogP) is 4.38. The van der Waals surface area contributed by atoms with Gasteiger partial charge < -0.3 is 9.84 Å². The molecule has 1 heterocycles. The van der Waals surface area contributed by atoms with Crippen LogP contribution in [0.4, 0.5) is 0 Å². The Kier molecular flexibility index (Phi) is 3.46. The average Bonchev–Trinajstić information content (AvgIpc) is 2.51. The molecule has 1 N–H and O–H groups in total. The van der Waals surface area contributed by atoms with Gasteiger partial charge in [0, 0.05) is 34.3 Å². The van der Waals surface area contributed by atoms with Crippen LogP contribution in [0.25, 0.3) is 10.8 Å². The van der Waals surface area contributed by atoms with Crippen LogP contribution in [0.1, 0.15) is 10.4 Å². The molecule has 104 valence electrons. The quantitative estimate of drug-likeness (QED) is 0.779. The van der Waals surface area contributed by atoms with Crippen LogP contribution < -0.4 is 4.74 Å². The number of rotatable bonds is 3. The second kappa shape index (κ2) is 5.42. The zero-order valence-electron chi connectivity index (χ0n) is 10.8. The fraction of sp³-hybridized carbons (Fsp3) is 0. The lowest BCUT2D eigenvalue weighted by molar-refractivity contribution is 0.0693. The molecule has 0 fully saturated rings. The molecule has 0 bridgehead atoms. The first-order chi connectivity index (χ1) is 10.2. The van der Waals surface area contributed by atoms with Gasteiger partial charge in [-0.2, -0.15) is 0 Å². The first kappa shape index (κ1) is 13.4. The van der Waals surface area contributed by atoms with E-state index in [1.807, 2.05) is 24.3 Å². The Hall–Kier alpha value is -2.59. The van der Waals surface area contributed by atoms with Crippen LogP contribution in [-0.4, -0.2) is 16.1 Å². The zero-order chi connectivity index (χ0) is 14.8. The maximum absolute atomic E-state index is 11.2. The minimum atomic E-state index is -1.09. The summed E-state index contributed by atoms with van der Waals surface area (Å²) >= 11 is 6.15. The number of aromatic carboxylic acids is 1. The van der Waals surface area contributed by atoms with E-state index in [0.29, 0.717) is 10.8 Å². The van der Waals surface area contributed by atoms with Crippen LogP contribution in [0.3, 0.4) is 0 Å². The fourth-order valence-corrected chi connectivity index (χ4v) is 2.30. The standard InChI is InChI=1S/C16H10ClNO3/c17-13-5-6-14(11-4-2-1-3-10(11)13)21-15-7-8-18-9-12(15)16(19)20/h1-9H,(H,19,20). The minimum absolute atomic E-state index is 0.0107.